The number of nitrogens with one attached hydrogen (secondary N) is 2. The number of carbonyl (C=O) groups is 2. The summed E-state index contributed by atoms with van der Waals surface area (Å²) >= 11 is 0. The number of sulfonamides is 1. The van der Waals surface area contributed by atoms with Gasteiger partial charge in [0.15, 0.2) is 0 Å². The minimum Gasteiger partial charge on any atom is -0.480 e. The zero-order valence-electron chi connectivity index (χ0n) is 12.8. The number of rotatable bonds is 10. The molecule has 0 spiro atoms. The van der Waals surface area contributed by atoms with Gasteiger partial charge in [0.1, 0.15) is 12.1 Å². The summed E-state index contributed by atoms with van der Waals surface area (Å²) in [6, 6.07) is -2.11. The monoisotopic (exact) mass is 324 g/mol. The molecule has 2 unspecified atom stereocenters. The average Bonchev–Trinajstić information content (AvgIpc) is 2.30. The first-order valence-electron chi connectivity index (χ1n) is 6.56. The van der Waals surface area contributed by atoms with Gasteiger partial charge in [-0.3, -0.25) is 4.79 Å². The summed E-state index contributed by atoms with van der Waals surface area (Å²) in [5.74, 6) is -1.78. The van der Waals surface area contributed by atoms with E-state index in [2.05, 4.69) is 10.0 Å². The van der Waals surface area contributed by atoms with Crippen LogP contribution in [0, 0.1) is 5.92 Å². The van der Waals surface area contributed by atoms with Crippen molar-refractivity contribution in [2.75, 3.05) is 20.0 Å². The Hall–Kier alpha value is -1.19. The molecule has 1 amide bonds. The van der Waals surface area contributed by atoms with E-state index in [4.69, 9.17) is 9.84 Å². The lowest BCUT2D eigenvalue weighted by Crippen LogP contribution is -2.52. The molecule has 0 saturated heterocycles. The molecule has 9 heteroatoms. The van der Waals surface area contributed by atoms with Gasteiger partial charge in [0, 0.05) is 20.1 Å². The SMILES string of the molecule is COCCC(NC(=O)C(CC(C)C)NS(C)(=O)=O)C(=O)O. The van der Waals surface area contributed by atoms with Crippen molar-refractivity contribution in [2.24, 2.45) is 5.92 Å². The summed E-state index contributed by atoms with van der Waals surface area (Å²) in [5, 5.41) is 11.4. The van der Waals surface area contributed by atoms with Crippen LogP contribution in [-0.2, 0) is 24.3 Å². The third kappa shape index (κ3) is 9.38. The smallest absolute Gasteiger partial charge is 0.326 e. The van der Waals surface area contributed by atoms with E-state index in [1.54, 1.807) is 0 Å². The fraction of sp³-hybridized carbons (Fsp3) is 0.833. The Labute approximate surface area is 125 Å². The molecule has 0 aromatic heterocycles. The van der Waals surface area contributed by atoms with Gasteiger partial charge in [-0.2, -0.15) is 0 Å². The molecule has 3 N–H and O–H groups in total. The summed E-state index contributed by atoms with van der Waals surface area (Å²) in [7, 11) is -2.15. The molecule has 0 heterocycles. The lowest BCUT2D eigenvalue weighted by Gasteiger charge is -2.21. The van der Waals surface area contributed by atoms with Crippen molar-refractivity contribution in [1.29, 1.82) is 0 Å². The van der Waals surface area contributed by atoms with Gasteiger partial charge < -0.3 is 15.2 Å². The van der Waals surface area contributed by atoms with Crippen LogP contribution in [0.5, 0.6) is 0 Å². The zero-order chi connectivity index (χ0) is 16.6. The number of hydrogen-bond acceptors (Lipinski definition) is 5. The molecule has 0 bridgehead atoms. The summed E-state index contributed by atoms with van der Waals surface area (Å²) in [6.07, 6.45) is 1.33. The summed E-state index contributed by atoms with van der Waals surface area (Å²) in [4.78, 5) is 23.2. The van der Waals surface area contributed by atoms with Gasteiger partial charge in [0.2, 0.25) is 15.9 Å². The Kier molecular flexibility index (Phi) is 8.45. The summed E-state index contributed by atoms with van der Waals surface area (Å²) in [6.45, 7) is 3.85. The number of hydrogen-bond donors (Lipinski definition) is 3. The van der Waals surface area contributed by atoms with Gasteiger partial charge in [-0.1, -0.05) is 13.8 Å². The topological polar surface area (TPSA) is 122 Å². The van der Waals surface area contributed by atoms with E-state index in [1.807, 2.05) is 13.8 Å². The molecule has 124 valence electrons. The Bertz CT molecular complexity index is 449. The summed E-state index contributed by atoms with van der Waals surface area (Å²) < 4.78 is 29.6. The van der Waals surface area contributed by atoms with Crippen molar-refractivity contribution >= 4 is 21.9 Å². The Morgan fingerprint density at radius 2 is 1.81 bits per heavy atom. The van der Waals surface area contributed by atoms with Crippen LogP contribution in [-0.4, -0.2) is 57.5 Å². The maximum absolute atomic E-state index is 12.1. The van der Waals surface area contributed by atoms with Crippen LogP contribution in [0.3, 0.4) is 0 Å². The standard InChI is InChI=1S/C12H24N2O6S/c1-8(2)7-10(14-21(4,18)19)11(15)13-9(12(16)17)5-6-20-3/h8-10,14H,5-7H2,1-4H3,(H,13,15)(H,16,17). The highest BCUT2D eigenvalue weighted by atomic mass is 32.2. The van der Waals surface area contributed by atoms with Gasteiger partial charge >= 0.3 is 5.97 Å². The van der Waals surface area contributed by atoms with Gasteiger partial charge in [0.25, 0.3) is 0 Å². The Morgan fingerprint density at radius 3 is 2.19 bits per heavy atom. The third-order valence-electron chi connectivity index (χ3n) is 2.61. The highest BCUT2D eigenvalue weighted by Crippen LogP contribution is 2.07. The van der Waals surface area contributed by atoms with Crippen LogP contribution >= 0.6 is 0 Å². The van der Waals surface area contributed by atoms with E-state index in [1.165, 1.54) is 7.11 Å². The fourth-order valence-corrected chi connectivity index (χ4v) is 2.42. The van der Waals surface area contributed by atoms with Crippen LogP contribution in [0.25, 0.3) is 0 Å². The summed E-state index contributed by atoms with van der Waals surface area (Å²) in [5.41, 5.74) is 0. The van der Waals surface area contributed by atoms with Gasteiger partial charge in [-0.05, 0) is 12.3 Å². The first-order chi connectivity index (χ1) is 9.56. The lowest BCUT2D eigenvalue weighted by molar-refractivity contribution is -0.142. The van der Waals surface area contributed by atoms with Crippen molar-refractivity contribution in [2.45, 2.75) is 38.8 Å². The molecule has 0 saturated carbocycles. The largest absolute Gasteiger partial charge is 0.480 e. The number of amides is 1. The van der Waals surface area contributed by atoms with Gasteiger partial charge in [-0.25, -0.2) is 17.9 Å². The zero-order valence-corrected chi connectivity index (χ0v) is 13.6. The van der Waals surface area contributed by atoms with E-state index in [9.17, 15) is 18.0 Å². The second kappa shape index (κ2) is 8.96. The predicted octanol–water partition coefficient (Wildman–Crippen LogP) is -0.444. The molecule has 0 aliphatic carbocycles. The van der Waals surface area contributed by atoms with Crippen molar-refractivity contribution in [1.82, 2.24) is 10.0 Å². The maximum Gasteiger partial charge on any atom is 0.326 e. The van der Waals surface area contributed by atoms with E-state index in [0.29, 0.717) is 0 Å². The minimum absolute atomic E-state index is 0.0669. The van der Waals surface area contributed by atoms with Crippen molar-refractivity contribution in [3.63, 3.8) is 0 Å². The fourth-order valence-electron chi connectivity index (χ4n) is 1.70. The van der Waals surface area contributed by atoms with Crippen LogP contribution in [0.15, 0.2) is 0 Å². The normalized spacial score (nSPS) is 14.7. The Balaban J connectivity index is 4.88. The van der Waals surface area contributed by atoms with Crippen molar-refractivity contribution in [3.05, 3.63) is 0 Å². The van der Waals surface area contributed by atoms with E-state index in [-0.39, 0.29) is 25.4 Å². The van der Waals surface area contributed by atoms with E-state index >= 15 is 0 Å². The van der Waals surface area contributed by atoms with Crippen molar-refractivity contribution in [3.8, 4) is 0 Å². The number of carboxylic acids is 1. The highest BCUT2D eigenvalue weighted by molar-refractivity contribution is 7.88. The van der Waals surface area contributed by atoms with E-state index < -0.39 is 34.0 Å². The predicted molar refractivity (Wildman–Crippen MR) is 77.3 cm³/mol. The van der Waals surface area contributed by atoms with Gasteiger partial charge in [0.05, 0.1) is 6.26 Å². The molecular formula is C12H24N2O6S. The van der Waals surface area contributed by atoms with Crippen LogP contribution in [0.4, 0.5) is 0 Å². The third-order valence-corrected chi connectivity index (χ3v) is 3.32. The first kappa shape index (κ1) is 19.8. The van der Waals surface area contributed by atoms with Crippen LogP contribution < -0.4 is 10.0 Å². The first-order valence-corrected chi connectivity index (χ1v) is 8.45. The molecule has 2 atom stereocenters. The molecule has 0 aliphatic rings. The second-order valence-corrected chi connectivity index (χ2v) is 7.03. The average molecular weight is 324 g/mol. The molecule has 8 nitrogen and oxygen atoms in total. The number of aliphatic carboxylic acids is 1. The molecule has 0 radical (unpaired) electrons. The van der Waals surface area contributed by atoms with Crippen molar-refractivity contribution < 1.29 is 27.9 Å². The van der Waals surface area contributed by atoms with Crippen LogP contribution in [0.2, 0.25) is 0 Å². The molecule has 0 aliphatic heterocycles. The lowest BCUT2D eigenvalue weighted by atomic mass is 10.0. The van der Waals surface area contributed by atoms with E-state index in [0.717, 1.165) is 6.26 Å². The number of methoxy groups -OCH3 is 1. The molecular weight excluding hydrogens is 300 g/mol. The molecule has 0 rings (SSSR count). The molecule has 0 fully saturated rings. The highest BCUT2D eigenvalue weighted by Gasteiger charge is 2.27. The Morgan fingerprint density at radius 1 is 1.24 bits per heavy atom. The number of ether oxygens (including phenoxy) is 1. The quantitative estimate of drug-likeness (QED) is 0.500. The number of carboxylic acid groups (broad SMARTS) is 1. The molecule has 21 heavy (non-hydrogen) atoms. The number of carbonyl (C=O) groups excluding carboxylic acids is 1. The van der Waals surface area contributed by atoms with Gasteiger partial charge in [-0.15, -0.1) is 0 Å². The maximum atomic E-state index is 12.1. The van der Waals surface area contributed by atoms with Crippen LogP contribution in [0.1, 0.15) is 26.7 Å². The second-order valence-electron chi connectivity index (χ2n) is 5.25. The molecule has 0 aromatic rings. The minimum atomic E-state index is -3.57. The molecule has 0 aromatic carbocycles.